The molecule has 0 bridgehead atoms. The maximum Gasteiger partial charge on any atom is 0.342 e. The summed E-state index contributed by atoms with van der Waals surface area (Å²) in [5.41, 5.74) is 3.88. The third-order valence-corrected chi connectivity index (χ3v) is 12.2. The van der Waals surface area contributed by atoms with Crippen molar-refractivity contribution in [2.75, 3.05) is 33.6 Å². The van der Waals surface area contributed by atoms with Gasteiger partial charge < -0.3 is 28.4 Å². The van der Waals surface area contributed by atoms with Crippen LogP contribution in [-0.4, -0.2) is 66.6 Å². The van der Waals surface area contributed by atoms with E-state index in [0.717, 1.165) is 34.4 Å². The molecule has 2 rings (SSSR count). The molecule has 248 valence electrons. The Morgan fingerprint density at radius 1 is 1.05 bits per heavy atom. The largest absolute Gasteiger partial charge is 0.496 e. The molecule has 0 aliphatic carbocycles. The lowest BCUT2D eigenvalue weighted by molar-refractivity contribution is -0.147. The first kappa shape index (κ1) is 38.0. The second-order valence-electron chi connectivity index (χ2n) is 13.9. The molecular weight excluding hydrogens is 615 g/mol. The minimum atomic E-state index is -3.67. The molecule has 1 N–H and O–H groups in total. The quantitative estimate of drug-likeness (QED) is 0.0732. The molecule has 0 fully saturated rings. The third kappa shape index (κ3) is 12.0. The Bertz CT molecular complexity index is 1280. The van der Waals surface area contributed by atoms with E-state index in [0.29, 0.717) is 49.5 Å². The third-order valence-electron chi connectivity index (χ3n) is 7.59. The summed E-state index contributed by atoms with van der Waals surface area (Å²) in [4.78, 5) is 35.7. The summed E-state index contributed by atoms with van der Waals surface area (Å²) in [6.07, 6.45) is 6.46. The van der Waals surface area contributed by atoms with E-state index in [1.54, 1.807) is 19.3 Å². The molecule has 1 aliphatic heterocycles. The van der Waals surface area contributed by atoms with Gasteiger partial charge in [-0.25, -0.2) is 4.79 Å². The summed E-state index contributed by atoms with van der Waals surface area (Å²) < 4.78 is 39.8. The van der Waals surface area contributed by atoms with Crippen molar-refractivity contribution in [1.82, 2.24) is 0 Å². The summed E-state index contributed by atoms with van der Waals surface area (Å²) in [6, 6.07) is 1.81. The summed E-state index contributed by atoms with van der Waals surface area (Å²) in [6.45, 7) is 18.5. The number of hydrogen-bond acceptors (Lipinski definition) is 8. The second-order valence-corrected chi connectivity index (χ2v) is 27.1. The number of hydrogen-bond donors (Lipinski definition) is 1. The average molecular weight is 669 g/mol. The van der Waals surface area contributed by atoms with Crippen molar-refractivity contribution >= 4 is 35.7 Å². The molecule has 9 nitrogen and oxygen atoms in total. The Morgan fingerprint density at radius 2 is 1.68 bits per heavy atom. The molecule has 2 unspecified atom stereocenters. The number of benzene rings is 1. The van der Waals surface area contributed by atoms with Gasteiger partial charge in [0.1, 0.15) is 23.7 Å². The highest BCUT2D eigenvalue weighted by atomic mass is 31.2. The van der Waals surface area contributed by atoms with Crippen molar-refractivity contribution in [3.8, 4) is 11.5 Å². The van der Waals surface area contributed by atoms with Gasteiger partial charge in [-0.05, 0) is 50.8 Å². The minimum absolute atomic E-state index is 0.129. The van der Waals surface area contributed by atoms with E-state index in [1.165, 1.54) is 7.11 Å². The second kappa shape index (κ2) is 16.4. The van der Waals surface area contributed by atoms with Crippen molar-refractivity contribution in [2.45, 2.75) is 91.1 Å². The molecule has 1 heterocycles. The number of fused-ring (bicyclic) bond motifs is 1. The fourth-order valence-electron chi connectivity index (χ4n) is 4.76. The van der Waals surface area contributed by atoms with Gasteiger partial charge in [-0.1, -0.05) is 63.1 Å². The fourth-order valence-corrected chi connectivity index (χ4v) is 6.75. The Kier molecular flexibility index (Phi) is 14.2. The van der Waals surface area contributed by atoms with Crippen LogP contribution in [0.1, 0.15) is 46.8 Å². The molecular formula is C32H53O9PSi2. The summed E-state index contributed by atoms with van der Waals surface area (Å²) in [5.74, 6) is 0.0546. The van der Waals surface area contributed by atoms with E-state index >= 15 is 0 Å². The van der Waals surface area contributed by atoms with Crippen molar-refractivity contribution in [1.29, 1.82) is 0 Å². The van der Waals surface area contributed by atoms with E-state index in [4.69, 9.17) is 18.9 Å². The highest BCUT2D eigenvalue weighted by molar-refractivity contribution is 7.53. The summed E-state index contributed by atoms with van der Waals surface area (Å²) in [5, 5.41) is 0. The first-order valence-corrected chi connectivity index (χ1v) is 24.4. The lowest BCUT2D eigenvalue weighted by Crippen LogP contribution is -2.25. The van der Waals surface area contributed by atoms with E-state index < -0.39 is 29.7 Å². The van der Waals surface area contributed by atoms with Crippen LogP contribution in [0.2, 0.25) is 51.4 Å². The zero-order valence-electron chi connectivity index (χ0n) is 28.3. The normalized spacial score (nSPS) is 16.0. The molecule has 1 aliphatic rings. The Balaban J connectivity index is 2.35. The van der Waals surface area contributed by atoms with Crippen molar-refractivity contribution in [3.63, 3.8) is 0 Å². The predicted octanol–water partition coefficient (Wildman–Crippen LogP) is 7.55. The lowest BCUT2D eigenvalue weighted by atomic mass is 9.93. The van der Waals surface area contributed by atoms with E-state index in [-0.39, 0.29) is 24.7 Å². The van der Waals surface area contributed by atoms with Crippen LogP contribution in [-0.2, 0) is 36.4 Å². The number of esters is 2. The van der Waals surface area contributed by atoms with Crippen LogP contribution in [0, 0.1) is 12.8 Å². The number of carbonyl (C=O) groups excluding carboxylic acids is 2. The molecule has 1 aromatic rings. The average Bonchev–Trinajstić information content (AvgIpc) is 3.30. The van der Waals surface area contributed by atoms with Crippen LogP contribution < -0.4 is 9.47 Å². The number of methoxy groups -OCH3 is 1. The first-order valence-electron chi connectivity index (χ1n) is 15.3. The van der Waals surface area contributed by atoms with Crippen LogP contribution in [0.4, 0.5) is 0 Å². The molecule has 0 radical (unpaired) electrons. The summed E-state index contributed by atoms with van der Waals surface area (Å²) in [7, 11) is -3.62. The highest BCUT2D eigenvalue weighted by Gasteiger charge is 2.33. The van der Waals surface area contributed by atoms with Crippen LogP contribution >= 0.6 is 7.60 Å². The van der Waals surface area contributed by atoms with E-state index in [9.17, 15) is 19.0 Å². The Hall–Kier alpha value is -2.18. The smallest absolute Gasteiger partial charge is 0.342 e. The number of carbonyl (C=O) groups is 2. The monoisotopic (exact) mass is 668 g/mol. The Labute approximate surface area is 265 Å². The fraction of sp³-hybridized carbons (Fsp3) is 0.625. The van der Waals surface area contributed by atoms with Crippen molar-refractivity contribution in [3.05, 3.63) is 46.1 Å². The van der Waals surface area contributed by atoms with Gasteiger partial charge >= 0.3 is 19.5 Å². The topological polar surface area (TPSA) is 118 Å². The molecule has 0 aromatic heterocycles. The lowest BCUT2D eigenvalue weighted by Gasteiger charge is -2.22. The number of allylic oxidation sites excluding steroid dienone is 4. The SMILES string of the molecule is COc1c(C)c2c(c(OCC[Si](C)(C)C)c1CC=C(C)CC(CC=CCP(=O)(O)OC)C(=O)OCC[Si](C)(C)C)C(=O)OC2. The van der Waals surface area contributed by atoms with Crippen LogP contribution in [0.3, 0.4) is 0 Å². The molecule has 1 aromatic carbocycles. The van der Waals surface area contributed by atoms with Gasteiger partial charge in [0.2, 0.25) is 0 Å². The van der Waals surface area contributed by atoms with E-state index in [2.05, 4.69) is 43.8 Å². The van der Waals surface area contributed by atoms with Gasteiger partial charge in [0, 0.05) is 34.4 Å². The standard InChI is InChI=1S/C32H53O9PSi2/c1-23(21-25(13-11-12-18-42(35,36)38-4)31(33)40-17-20-44(8,9)10)14-15-26-29(37-3)24(2)27-22-41-32(34)28(27)30(26)39-16-19-43(5,6)7/h11-12,14,25H,13,15-22H2,1-10H3,(H,35,36). The molecule has 12 heteroatoms. The maximum absolute atomic E-state index is 13.2. The summed E-state index contributed by atoms with van der Waals surface area (Å²) >= 11 is 0. The van der Waals surface area contributed by atoms with Gasteiger partial charge in [0.25, 0.3) is 0 Å². The molecule has 0 saturated carbocycles. The molecule has 0 amide bonds. The van der Waals surface area contributed by atoms with Crippen LogP contribution in [0.25, 0.3) is 0 Å². The molecule has 0 spiro atoms. The zero-order chi connectivity index (χ0) is 33.3. The Morgan fingerprint density at radius 3 is 2.27 bits per heavy atom. The van der Waals surface area contributed by atoms with Gasteiger partial charge in [0.15, 0.2) is 0 Å². The van der Waals surface area contributed by atoms with E-state index in [1.807, 2.05) is 19.9 Å². The van der Waals surface area contributed by atoms with Gasteiger partial charge in [-0.2, -0.15) is 0 Å². The van der Waals surface area contributed by atoms with Crippen molar-refractivity contribution < 1.29 is 42.5 Å². The molecule has 44 heavy (non-hydrogen) atoms. The van der Waals surface area contributed by atoms with Gasteiger partial charge in [-0.15, -0.1) is 0 Å². The number of rotatable bonds is 18. The van der Waals surface area contributed by atoms with Crippen molar-refractivity contribution in [2.24, 2.45) is 5.92 Å². The molecule has 2 atom stereocenters. The van der Waals surface area contributed by atoms with Crippen LogP contribution in [0.5, 0.6) is 11.5 Å². The van der Waals surface area contributed by atoms with Gasteiger partial charge in [-0.3, -0.25) is 9.36 Å². The maximum atomic E-state index is 13.2. The van der Waals surface area contributed by atoms with Crippen LogP contribution in [0.15, 0.2) is 23.8 Å². The van der Waals surface area contributed by atoms with Gasteiger partial charge in [0.05, 0.1) is 32.4 Å². The highest BCUT2D eigenvalue weighted by Crippen LogP contribution is 2.43. The zero-order valence-corrected chi connectivity index (χ0v) is 31.2. The minimum Gasteiger partial charge on any atom is -0.496 e. The number of cyclic esters (lactones) is 1. The molecule has 0 saturated heterocycles. The predicted molar refractivity (Wildman–Crippen MR) is 181 cm³/mol. The number of ether oxygens (including phenoxy) is 4. The first-order chi connectivity index (χ1) is 20.4.